The van der Waals surface area contributed by atoms with Crippen LogP contribution in [0.5, 0.6) is 0 Å². The summed E-state index contributed by atoms with van der Waals surface area (Å²) in [6.45, 7) is 3.11. The number of hydrogen-bond donors (Lipinski definition) is 1. The van der Waals surface area contributed by atoms with Gasteiger partial charge in [-0.25, -0.2) is 0 Å². The van der Waals surface area contributed by atoms with E-state index in [2.05, 4.69) is 29.5 Å². The highest BCUT2D eigenvalue weighted by Crippen LogP contribution is 2.07. The summed E-state index contributed by atoms with van der Waals surface area (Å²) in [5.74, 6) is 1.26. The van der Waals surface area contributed by atoms with Crippen LogP contribution in [-0.4, -0.2) is 23.5 Å². The highest BCUT2D eigenvalue weighted by Gasteiger charge is 1.92. The third kappa shape index (κ3) is 4.51. The van der Waals surface area contributed by atoms with E-state index in [9.17, 15) is 0 Å². The summed E-state index contributed by atoms with van der Waals surface area (Å²) >= 11 is 1.91. The molecule has 0 unspecified atom stereocenters. The molecule has 1 rings (SSSR count). The summed E-state index contributed by atoms with van der Waals surface area (Å²) in [4.78, 5) is 4.13. The maximum Gasteiger partial charge on any atom is 0.0529 e. The Labute approximate surface area is 90.5 Å². The van der Waals surface area contributed by atoms with E-state index in [1.807, 2.05) is 24.2 Å². The number of aryl methyl sites for hydroxylation is 1. The molecule has 0 amide bonds. The average molecular weight is 210 g/mol. The number of pyridine rings is 1. The third-order valence-corrected chi connectivity index (χ3v) is 2.68. The van der Waals surface area contributed by atoms with Crippen molar-refractivity contribution in [3.05, 3.63) is 24.0 Å². The average Bonchev–Trinajstić information content (AvgIpc) is 2.18. The molecule has 0 saturated heterocycles. The van der Waals surface area contributed by atoms with Crippen LogP contribution in [0.1, 0.15) is 18.4 Å². The van der Waals surface area contributed by atoms with Crippen LogP contribution in [0.2, 0.25) is 0 Å². The molecule has 1 aromatic heterocycles. The Morgan fingerprint density at radius 3 is 2.93 bits per heavy atom. The van der Waals surface area contributed by atoms with Crippen molar-refractivity contribution < 1.29 is 0 Å². The van der Waals surface area contributed by atoms with Gasteiger partial charge in [-0.15, -0.1) is 0 Å². The van der Waals surface area contributed by atoms with Gasteiger partial charge in [-0.2, -0.15) is 11.8 Å². The fourth-order valence-corrected chi connectivity index (χ4v) is 1.75. The lowest BCUT2D eigenvalue weighted by Gasteiger charge is -2.05. The van der Waals surface area contributed by atoms with Crippen LogP contribution in [0.15, 0.2) is 18.5 Å². The molecular formula is C11H18N2S. The third-order valence-electron chi connectivity index (χ3n) is 1.98. The van der Waals surface area contributed by atoms with Crippen molar-refractivity contribution in [1.82, 2.24) is 4.98 Å². The second kappa shape index (κ2) is 6.71. The van der Waals surface area contributed by atoms with Crippen molar-refractivity contribution in [3.63, 3.8) is 0 Å². The first kappa shape index (κ1) is 11.4. The van der Waals surface area contributed by atoms with Gasteiger partial charge in [0.05, 0.1) is 5.69 Å². The first-order chi connectivity index (χ1) is 6.83. The molecule has 2 nitrogen and oxygen atoms in total. The zero-order valence-electron chi connectivity index (χ0n) is 8.92. The second-order valence-corrected chi connectivity index (χ2v) is 4.36. The van der Waals surface area contributed by atoms with Crippen LogP contribution in [0.25, 0.3) is 0 Å². The van der Waals surface area contributed by atoms with Gasteiger partial charge in [0.1, 0.15) is 0 Å². The molecule has 1 N–H and O–H groups in total. The number of hydrogen-bond acceptors (Lipinski definition) is 3. The Bertz CT molecular complexity index is 263. The van der Waals surface area contributed by atoms with E-state index in [1.165, 1.54) is 24.2 Å². The number of thioether (sulfide) groups is 1. The molecule has 0 spiro atoms. The second-order valence-electron chi connectivity index (χ2n) is 3.38. The first-order valence-electron chi connectivity index (χ1n) is 4.97. The van der Waals surface area contributed by atoms with Crippen molar-refractivity contribution in [2.24, 2.45) is 0 Å². The topological polar surface area (TPSA) is 24.9 Å². The summed E-state index contributed by atoms with van der Waals surface area (Å²) in [7, 11) is 0. The fourth-order valence-electron chi connectivity index (χ4n) is 1.26. The minimum absolute atomic E-state index is 1.05. The maximum atomic E-state index is 4.13. The normalized spacial score (nSPS) is 10.1. The van der Waals surface area contributed by atoms with Gasteiger partial charge in [0.2, 0.25) is 0 Å². The lowest BCUT2D eigenvalue weighted by atomic mass is 10.3. The predicted molar refractivity (Wildman–Crippen MR) is 65.1 cm³/mol. The standard InChI is InChI=1S/C11H18N2S/c1-10-7-11(9-12-8-10)13-5-3-4-6-14-2/h7-9,13H,3-6H2,1-2H3. The quantitative estimate of drug-likeness (QED) is 0.731. The zero-order valence-corrected chi connectivity index (χ0v) is 9.73. The van der Waals surface area contributed by atoms with Gasteiger partial charge in [-0.05, 0) is 43.4 Å². The van der Waals surface area contributed by atoms with E-state index in [0.29, 0.717) is 0 Å². The van der Waals surface area contributed by atoms with Crippen LogP contribution in [0, 0.1) is 6.92 Å². The number of rotatable bonds is 6. The van der Waals surface area contributed by atoms with E-state index >= 15 is 0 Å². The number of anilines is 1. The van der Waals surface area contributed by atoms with Gasteiger partial charge in [0, 0.05) is 18.9 Å². The SMILES string of the molecule is CSCCCCNc1cncc(C)c1. The number of unbranched alkanes of at least 4 members (excludes halogenated alkanes) is 1. The Morgan fingerprint density at radius 2 is 2.21 bits per heavy atom. The van der Waals surface area contributed by atoms with E-state index in [0.717, 1.165) is 12.2 Å². The number of aromatic nitrogens is 1. The molecule has 0 aliphatic heterocycles. The van der Waals surface area contributed by atoms with E-state index in [-0.39, 0.29) is 0 Å². The summed E-state index contributed by atoms with van der Waals surface area (Å²) in [5, 5.41) is 3.37. The molecule has 14 heavy (non-hydrogen) atoms. The Kier molecular flexibility index (Phi) is 5.45. The number of nitrogens with one attached hydrogen (secondary N) is 1. The Morgan fingerprint density at radius 1 is 1.36 bits per heavy atom. The molecule has 3 heteroatoms. The zero-order chi connectivity index (χ0) is 10.2. The van der Waals surface area contributed by atoms with Gasteiger partial charge in [-0.1, -0.05) is 0 Å². The molecule has 0 aliphatic rings. The molecule has 1 heterocycles. The molecule has 78 valence electrons. The summed E-state index contributed by atoms with van der Waals surface area (Å²) in [6.07, 6.45) is 8.42. The summed E-state index contributed by atoms with van der Waals surface area (Å²) in [5.41, 5.74) is 2.34. The number of nitrogens with zero attached hydrogens (tertiary/aromatic N) is 1. The highest BCUT2D eigenvalue weighted by atomic mass is 32.2. The van der Waals surface area contributed by atoms with Crippen LogP contribution in [0.4, 0.5) is 5.69 Å². The van der Waals surface area contributed by atoms with Crippen LogP contribution in [-0.2, 0) is 0 Å². The Balaban J connectivity index is 2.18. The highest BCUT2D eigenvalue weighted by molar-refractivity contribution is 7.98. The smallest absolute Gasteiger partial charge is 0.0529 e. The minimum atomic E-state index is 1.05. The molecule has 1 aromatic rings. The predicted octanol–water partition coefficient (Wildman–Crippen LogP) is 2.95. The van der Waals surface area contributed by atoms with Crippen molar-refractivity contribution in [2.75, 3.05) is 23.9 Å². The molecule has 0 aliphatic carbocycles. The van der Waals surface area contributed by atoms with Gasteiger partial charge in [-0.3, -0.25) is 4.98 Å². The first-order valence-corrected chi connectivity index (χ1v) is 6.37. The van der Waals surface area contributed by atoms with Crippen molar-refractivity contribution in [1.29, 1.82) is 0 Å². The minimum Gasteiger partial charge on any atom is -0.384 e. The summed E-state index contributed by atoms with van der Waals surface area (Å²) in [6, 6.07) is 2.13. The van der Waals surface area contributed by atoms with Gasteiger partial charge in [0.25, 0.3) is 0 Å². The van der Waals surface area contributed by atoms with Crippen molar-refractivity contribution in [3.8, 4) is 0 Å². The van der Waals surface area contributed by atoms with Crippen LogP contribution < -0.4 is 5.32 Å². The molecule has 0 aromatic carbocycles. The van der Waals surface area contributed by atoms with Crippen molar-refractivity contribution >= 4 is 17.4 Å². The van der Waals surface area contributed by atoms with Gasteiger partial charge in [0.15, 0.2) is 0 Å². The fraction of sp³-hybridized carbons (Fsp3) is 0.545. The van der Waals surface area contributed by atoms with E-state index in [4.69, 9.17) is 0 Å². The van der Waals surface area contributed by atoms with Crippen molar-refractivity contribution in [2.45, 2.75) is 19.8 Å². The molecule has 0 saturated carbocycles. The Hall–Kier alpha value is -0.700. The largest absolute Gasteiger partial charge is 0.384 e. The maximum absolute atomic E-state index is 4.13. The molecule has 0 atom stereocenters. The summed E-state index contributed by atoms with van der Waals surface area (Å²) < 4.78 is 0. The molecular weight excluding hydrogens is 192 g/mol. The lowest BCUT2D eigenvalue weighted by molar-refractivity contribution is 0.842. The van der Waals surface area contributed by atoms with Gasteiger partial charge < -0.3 is 5.32 Å². The van der Waals surface area contributed by atoms with E-state index < -0.39 is 0 Å². The van der Waals surface area contributed by atoms with Crippen LogP contribution in [0.3, 0.4) is 0 Å². The molecule has 0 fully saturated rings. The van der Waals surface area contributed by atoms with E-state index in [1.54, 1.807) is 0 Å². The van der Waals surface area contributed by atoms with Crippen LogP contribution >= 0.6 is 11.8 Å². The lowest BCUT2D eigenvalue weighted by Crippen LogP contribution is -2.02. The molecule has 0 radical (unpaired) electrons. The van der Waals surface area contributed by atoms with Gasteiger partial charge >= 0.3 is 0 Å². The monoisotopic (exact) mass is 210 g/mol. The molecule has 0 bridgehead atoms.